The highest BCUT2D eigenvalue weighted by Gasteiger charge is 2.21. The van der Waals surface area contributed by atoms with Crippen molar-refractivity contribution in [1.82, 2.24) is 14.8 Å². The molecule has 0 saturated heterocycles. The van der Waals surface area contributed by atoms with Crippen LogP contribution in [0.3, 0.4) is 0 Å². The highest BCUT2D eigenvalue weighted by molar-refractivity contribution is 6.33. The quantitative estimate of drug-likeness (QED) is 0.608. The Hall–Kier alpha value is -1.95. The van der Waals surface area contributed by atoms with E-state index in [2.05, 4.69) is 10.1 Å². The average molecular weight is 253 g/mol. The van der Waals surface area contributed by atoms with Crippen LogP contribution in [0.15, 0.2) is 18.2 Å². The number of nitro groups is 1. The van der Waals surface area contributed by atoms with Crippen LogP contribution in [0.1, 0.15) is 11.6 Å². The lowest BCUT2D eigenvalue weighted by Crippen LogP contribution is -2.04. The molecule has 0 atom stereocenters. The van der Waals surface area contributed by atoms with Gasteiger partial charge in [0.25, 0.3) is 0 Å². The average Bonchev–Trinajstić information content (AvgIpc) is 2.56. The number of rotatable bonds is 2. The summed E-state index contributed by atoms with van der Waals surface area (Å²) in [5, 5.41) is 15.2. The second-order valence-electron chi connectivity index (χ2n) is 3.48. The molecular weight excluding hydrogens is 244 g/mol. The molecule has 6 nitrogen and oxygen atoms in total. The third-order valence-electron chi connectivity index (χ3n) is 2.25. The number of aromatic nitrogens is 3. The van der Waals surface area contributed by atoms with Gasteiger partial charge in [0.15, 0.2) is 0 Å². The van der Waals surface area contributed by atoms with Gasteiger partial charge in [0.2, 0.25) is 0 Å². The van der Waals surface area contributed by atoms with Crippen molar-refractivity contribution in [2.75, 3.05) is 0 Å². The number of nitro benzene ring substituents is 1. The molecule has 0 spiro atoms. The van der Waals surface area contributed by atoms with Gasteiger partial charge in [0.05, 0.1) is 4.92 Å². The van der Waals surface area contributed by atoms with Crippen molar-refractivity contribution in [3.05, 3.63) is 45.0 Å². The second kappa shape index (κ2) is 4.14. The first-order valence-electron chi connectivity index (χ1n) is 4.84. The summed E-state index contributed by atoms with van der Waals surface area (Å²) >= 11 is 5.83. The van der Waals surface area contributed by atoms with Gasteiger partial charge in [-0.3, -0.25) is 10.1 Å². The van der Waals surface area contributed by atoms with Crippen LogP contribution >= 0.6 is 11.6 Å². The molecule has 0 aliphatic carbocycles. The Morgan fingerprint density at radius 3 is 2.65 bits per heavy atom. The Bertz CT molecular complexity index is 594. The minimum absolute atomic E-state index is 0.0834. The van der Waals surface area contributed by atoms with Gasteiger partial charge < -0.3 is 0 Å². The highest BCUT2D eigenvalue weighted by atomic mass is 35.5. The first kappa shape index (κ1) is 11.5. The molecule has 7 heteroatoms. The molecule has 0 unspecified atom stereocenters. The standard InChI is InChI=1S/C10H9ClN4O2/c1-6-12-7(2)14(13-6)9-5-3-4-8(11)10(9)15(16)17/h3-5H,1-2H3. The van der Waals surface area contributed by atoms with Crippen LogP contribution in [0.5, 0.6) is 0 Å². The van der Waals surface area contributed by atoms with Crippen molar-refractivity contribution < 1.29 is 4.92 Å². The van der Waals surface area contributed by atoms with Crippen LogP contribution in [0.4, 0.5) is 5.69 Å². The van der Waals surface area contributed by atoms with E-state index in [0.717, 1.165) is 0 Å². The molecule has 0 bridgehead atoms. The van der Waals surface area contributed by atoms with Gasteiger partial charge in [-0.15, -0.1) is 0 Å². The minimum atomic E-state index is -0.520. The van der Waals surface area contributed by atoms with Gasteiger partial charge in [0, 0.05) is 0 Å². The first-order chi connectivity index (χ1) is 8.00. The molecule has 17 heavy (non-hydrogen) atoms. The number of aryl methyl sites for hydroxylation is 2. The van der Waals surface area contributed by atoms with Crippen molar-refractivity contribution in [1.29, 1.82) is 0 Å². The third kappa shape index (κ3) is 1.99. The van der Waals surface area contributed by atoms with Gasteiger partial charge in [-0.1, -0.05) is 17.7 Å². The Balaban J connectivity index is 2.71. The molecule has 0 fully saturated rings. The third-order valence-corrected chi connectivity index (χ3v) is 2.56. The van der Waals surface area contributed by atoms with Crippen molar-refractivity contribution in [2.45, 2.75) is 13.8 Å². The molecule has 88 valence electrons. The summed E-state index contributed by atoms with van der Waals surface area (Å²) in [6, 6.07) is 4.70. The van der Waals surface area contributed by atoms with Gasteiger partial charge in [0.1, 0.15) is 22.4 Å². The smallest absolute Gasteiger partial charge is 0.258 e. The van der Waals surface area contributed by atoms with E-state index in [-0.39, 0.29) is 10.7 Å². The fourth-order valence-electron chi connectivity index (χ4n) is 1.60. The maximum absolute atomic E-state index is 11.0. The molecule has 0 radical (unpaired) electrons. The second-order valence-corrected chi connectivity index (χ2v) is 3.89. The summed E-state index contributed by atoms with van der Waals surface area (Å²) < 4.78 is 1.42. The fraction of sp³-hybridized carbons (Fsp3) is 0.200. The minimum Gasteiger partial charge on any atom is -0.258 e. The van der Waals surface area contributed by atoms with Crippen molar-refractivity contribution in [2.24, 2.45) is 0 Å². The number of halogens is 1. The van der Waals surface area contributed by atoms with E-state index in [9.17, 15) is 10.1 Å². The van der Waals surface area contributed by atoms with Crippen LogP contribution in [0.25, 0.3) is 5.69 Å². The molecule has 2 rings (SSSR count). The van der Waals surface area contributed by atoms with E-state index in [4.69, 9.17) is 11.6 Å². The summed E-state index contributed by atoms with van der Waals surface area (Å²) in [6.45, 7) is 3.45. The summed E-state index contributed by atoms with van der Waals surface area (Å²) in [5.74, 6) is 1.13. The van der Waals surface area contributed by atoms with E-state index < -0.39 is 4.92 Å². The summed E-state index contributed by atoms with van der Waals surface area (Å²) in [6.07, 6.45) is 0. The van der Waals surface area contributed by atoms with Crippen LogP contribution in [0, 0.1) is 24.0 Å². The first-order valence-corrected chi connectivity index (χ1v) is 5.22. The number of hydrogen-bond donors (Lipinski definition) is 0. The molecule has 0 aliphatic heterocycles. The van der Waals surface area contributed by atoms with E-state index in [1.54, 1.807) is 26.0 Å². The van der Waals surface area contributed by atoms with E-state index in [1.807, 2.05) is 0 Å². The Labute approximate surface area is 102 Å². The summed E-state index contributed by atoms with van der Waals surface area (Å²) in [4.78, 5) is 14.6. The van der Waals surface area contributed by atoms with Crippen LogP contribution < -0.4 is 0 Å². The largest absolute Gasteiger partial charge is 0.313 e. The lowest BCUT2D eigenvalue weighted by Gasteiger charge is -2.04. The van der Waals surface area contributed by atoms with Gasteiger partial charge in [-0.25, -0.2) is 9.67 Å². The lowest BCUT2D eigenvalue weighted by atomic mass is 10.2. The SMILES string of the molecule is Cc1nc(C)n(-c2cccc(Cl)c2[N+](=O)[O-])n1. The van der Waals surface area contributed by atoms with Gasteiger partial charge in [-0.2, -0.15) is 5.10 Å². The molecule has 0 aliphatic rings. The molecule has 2 aromatic rings. The van der Waals surface area contributed by atoms with Crippen molar-refractivity contribution in [3.8, 4) is 5.69 Å². The number of benzene rings is 1. The zero-order chi connectivity index (χ0) is 12.6. The van der Waals surface area contributed by atoms with Crippen molar-refractivity contribution >= 4 is 17.3 Å². The Morgan fingerprint density at radius 2 is 2.12 bits per heavy atom. The summed E-state index contributed by atoms with van der Waals surface area (Å²) in [7, 11) is 0. The van der Waals surface area contributed by atoms with E-state index in [0.29, 0.717) is 17.3 Å². The molecule has 1 aromatic carbocycles. The van der Waals surface area contributed by atoms with Gasteiger partial charge in [-0.05, 0) is 26.0 Å². The summed E-state index contributed by atoms with van der Waals surface area (Å²) in [5.41, 5.74) is 0.155. The predicted molar refractivity (Wildman–Crippen MR) is 62.5 cm³/mol. The van der Waals surface area contributed by atoms with Gasteiger partial charge >= 0.3 is 5.69 Å². The lowest BCUT2D eigenvalue weighted by molar-refractivity contribution is -0.384. The molecule has 1 heterocycles. The molecule has 1 aromatic heterocycles. The predicted octanol–water partition coefficient (Wildman–Crippen LogP) is 2.45. The number of para-hydroxylation sites is 1. The van der Waals surface area contributed by atoms with Crippen LogP contribution in [0.2, 0.25) is 5.02 Å². The fourth-order valence-corrected chi connectivity index (χ4v) is 1.84. The topological polar surface area (TPSA) is 73.8 Å². The Morgan fingerprint density at radius 1 is 1.41 bits per heavy atom. The molecule has 0 amide bonds. The van der Waals surface area contributed by atoms with Crippen molar-refractivity contribution in [3.63, 3.8) is 0 Å². The van der Waals surface area contributed by atoms with E-state index in [1.165, 1.54) is 10.7 Å². The maximum atomic E-state index is 11.0. The monoisotopic (exact) mass is 252 g/mol. The maximum Gasteiger partial charge on any atom is 0.313 e. The number of nitrogens with zero attached hydrogens (tertiary/aromatic N) is 4. The normalized spacial score (nSPS) is 10.5. The van der Waals surface area contributed by atoms with Crippen LogP contribution in [-0.2, 0) is 0 Å². The highest BCUT2D eigenvalue weighted by Crippen LogP contribution is 2.30. The zero-order valence-corrected chi connectivity index (χ0v) is 9.97. The molecule has 0 N–H and O–H groups in total. The zero-order valence-electron chi connectivity index (χ0n) is 9.22. The van der Waals surface area contributed by atoms with Crippen LogP contribution in [-0.4, -0.2) is 19.7 Å². The molecular formula is C10H9ClN4O2. The Kier molecular flexibility index (Phi) is 2.81. The van der Waals surface area contributed by atoms with E-state index >= 15 is 0 Å². The molecule has 0 saturated carbocycles. The number of hydrogen-bond acceptors (Lipinski definition) is 4.